The molecule has 2 amide bonds. The van der Waals surface area contributed by atoms with Crippen molar-refractivity contribution < 1.29 is 18.0 Å². The molecule has 1 aromatic heterocycles. The second-order valence-electron chi connectivity index (χ2n) is 5.55. The maximum Gasteiger partial charge on any atom is 0.433 e. The van der Waals surface area contributed by atoms with Crippen molar-refractivity contribution in [3.8, 4) is 0 Å². The highest BCUT2D eigenvalue weighted by molar-refractivity contribution is 5.76. The number of hydrogen-bond acceptors (Lipinski definition) is 3. The van der Waals surface area contributed by atoms with Gasteiger partial charge in [-0.3, -0.25) is 0 Å². The Bertz CT molecular complexity index is 563. The van der Waals surface area contributed by atoms with Crippen molar-refractivity contribution in [1.82, 2.24) is 15.2 Å². The maximum absolute atomic E-state index is 12.8. The molecule has 22 heavy (non-hydrogen) atoms. The number of urea groups is 1. The van der Waals surface area contributed by atoms with Crippen molar-refractivity contribution in [2.45, 2.75) is 25.1 Å². The van der Waals surface area contributed by atoms with E-state index in [1.54, 1.807) is 11.0 Å². The van der Waals surface area contributed by atoms with Crippen molar-refractivity contribution >= 4 is 11.8 Å². The summed E-state index contributed by atoms with van der Waals surface area (Å²) < 4.78 is 38.3. The topological polar surface area (TPSA) is 48.5 Å². The Kier molecular flexibility index (Phi) is 3.84. The lowest BCUT2D eigenvalue weighted by atomic mass is 10.0. The fraction of sp³-hybridized carbons (Fsp3) is 0.571. The van der Waals surface area contributed by atoms with Crippen LogP contribution in [0, 0.1) is 0 Å². The number of piperidine rings is 1. The lowest BCUT2D eigenvalue weighted by molar-refractivity contribution is -0.141. The lowest BCUT2D eigenvalue weighted by Crippen LogP contribution is -2.49. The zero-order valence-corrected chi connectivity index (χ0v) is 11.9. The standard InChI is InChI=1S/C14H17F3N4O/c15-14(16,17)11-4-1-5-12(19-11)20-7-2-3-10(9-20)21-8-6-18-13(21)22/h1,4-5,10H,2-3,6-9H2,(H,18,22)/t10-/m0/s1. The van der Waals surface area contributed by atoms with Gasteiger partial charge in [0.05, 0.1) is 6.04 Å². The van der Waals surface area contributed by atoms with Crippen LogP contribution in [0.5, 0.6) is 0 Å². The summed E-state index contributed by atoms with van der Waals surface area (Å²) in [6.45, 7) is 2.44. The molecule has 0 radical (unpaired) electrons. The molecule has 2 saturated heterocycles. The molecular weight excluding hydrogens is 297 g/mol. The van der Waals surface area contributed by atoms with E-state index in [2.05, 4.69) is 10.3 Å². The average Bonchev–Trinajstić information content (AvgIpc) is 2.93. The van der Waals surface area contributed by atoms with Crippen molar-refractivity contribution in [3.63, 3.8) is 0 Å². The molecule has 2 aliphatic rings. The first-order valence-corrected chi connectivity index (χ1v) is 7.29. The molecule has 0 aromatic carbocycles. The third-order valence-corrected chi connectivity index (χ3v) is 4.08. The summed E-state index contributed by atoms with van der Waals surface area (Å²) in [6, 6.07) is 3.86. The second-order valence-corrected chi connectivity index (χ2v) is 5.55. The summed E-state index contributed by atoms with van der Waals surface area (Å²) in [5, 5.41) is 2.75. The normalized spacial score (nSPS) is 22.9. The number of hydrogen-bond donors (Lipinski definition) is 1. The number of rotatable bonds is 2. The Morgan fingerprint density at radius 3 is 2.77 bits per heavy atom. The molecule has 8 heteroatoms. The van der Waals surface area contributed by atoms with Gasteiger partial charge in [-0.25, -0.2) is 9.78 Å². The van der Waals surface area contributed by atoms with Gasteiger partial charge in [-0.05, 0) is 25.0 Å². The highest BCUT2D eigenvalue weighted by Crippen LogP contribution is 2.30. The third-order valence-electron chi connectivity index (χ3n) is 4.08. The molecule has 3 heterocycles. The van der Waals surface area contributed by atoms with Gasteiger partial charge < -0.3 is 15.1 Å². The Labute approximate surface area is 126 Å². The number of amides is 2. The van der Waals surface area contributed by atoms with E-state index in [0.29, 0.717) is 32.0 Å². The fourth-order valence-electron chi connectivity index (χ4n) is 3.01. The number of pyridine rings is 1. The number of carbonyl (C=O) groups is 1. The number of alkyl halides is 3. The minimum absolute atomic E-state index is 0.0209. The molecule has 0 saturated carbocycles. The van der Waals surface area contributed by atoms with E-state index >= 15 is 0 Å². The van der Waals surface area contributed by atoms with Crippen molar-refractivity contribution in [2.24, 2.45) is 0 Å². The van der Waals surface area contributed by atoms with Crippen molar-refractivity contribution in [1.29, 1.82) is 0 Å². The van der Waals surface area contributed by atoms with Gasteiger partial charge in [0.15, 0.2) is 0 Å². The number of anilines is 1. The van der Waals surface area contributed by atoms with Gasteiger partial charge in [-0.15, -0.1) is 0 Å². The predicted octanol–water partition coefficient (Wildman–Crippen LogP) is 2.09. The average molecular weight is 314 g/mol. The van der Waals surface area contributed by atoms with E-state index in [1.165, 1.54) is 6.07 Å². The molecule has 0 unspecified atom stereocenters. The lowest BCUT2D eigenvalue weighted by Gasteiger charge is -2.37. The first-order valence-electron chi connectivity index (χ1n) is 7.29. The highest BCUT2D eigenvalue weighted by atomic mass is 19.4. The largest absolute Gasteiger partial charge is 0.433 e. The summed E-state index contributed by atoms with van der Waals surface area (Å²) in [4.78, 5) is 19.1. The summed E-state index contributed by atoms with van der Waals surface area (Å²) in [5.74, 6) is 0.319. The van der Waals surface area contributed by atoms with Crippen LogP contribution in [-0.2, 0) is 6.18 Å². The molecule has 0 aliphatic carbocycles. The van der Waals surface area contributed by atoms with Crippen LogP contribution in [0.2, 0.25) is 0 Å². The molecule has 120 valence electrons. The van der Waals surface area contributed by atoms with Gasteiger partial charge in [0.2, 0.25) is 0 Å². The molecule has 1 N–H and O–H groups in total. The van der Waals surface area contributed by atoms with Gasteiger partial charge in [-0.2, -0.15) is 13.2 Å². The number of nitrogens with one attached hydrogen (secondary N) is 1. The Hall–Kier alpha value is -1.99. The Balaban J connectivity index is 1.76. The molecule has 0 spiro atoms. The van der Waals surface area contributed by atoms with Crippen molar-refractivity contribution in [2.75, 3.05) is 31.1 Å². The summed E-state index contributed by atoms with van der Waals surface area (Å²) in [6.07, 6.45) is -2.75. The molecule has 2 fully saturated rings. The van der Waals surface area contributed by atoms with Crippen LogP contribution in [0.1, 0.15) is 18.5 Å². The van der Waals surface area contributed by atoms with E-state index in [1.807, 2.05) is 4.90 Å². The molecule has 3 rings (SSSR count). The second kappa shape index (κ2) is 5.66. The molecule has 0 bridgehead atoms. The fourth-order valence-corrected chi connectivity index (χ4v) is 3.01. The van der Waals surface area contributed by atoms with Crippen LogP contribution in [0.25, 0.3) is 0 Å². The smallest absolute Gasteiger partial charge is 0.355 e. The van der Waals surface area contributed by atoms with Gasteiger partial charge in [0.1, 0.15) is 11.5 Å². The van der Waals surface area contributed by atoms with Gasteiger partial charge in [0, 0.05) is 26.2 Å². The zero-order chi connectivity index (χ0) is 15.7. The monoisotopic (exact) mass is 314 g/mol. The Morgan fingerprint density at radius 2 is 2.09 bits per heavy atom. The van der Waals surface area contributed by atoms with Gasteiger partial charge in [0.25, 0.3) is 0 Å². The van der Waals surface area contributed by atoms with Crippen molar-refractivity contribution in [3.05, 3.63) is 23.9 Å². The molecule has 1 atom stereocenters. The Morgan fingerprint density at radius 1 is 1.27 bits per heavy atom. The highest BCUT2D eigenvalue weighted by Gasteiger charge is 2.34. The molecule has 1 aromatic rings. The van der Waals surface area contributed by atoms with Gasteiger partial charge in [-0.1, -0.05) is 6.07 Å². The number of aromatic nitrogens is 1. The quantitative estimate of drug-likeness (QED) is 0.909. The third kappa shape index (κ3) is 2.95. The van der Waals surface area contributed by atoms with E-state index < -0.39 is 11.9 Å². The van der Waals surface area contributed by atoms with Crippen LogP contribution in [-0.4, -0.2) is 48.1 Å². The number of nitrogens with zero attached hydrogens (tertiary/aromatic N) is 3. The van der Waals surface area contributed by atoms with E-state index in [9.17, 15) is 18.0 Å². The van der Waals surface area contributed by atoms with E-state index in [4.69, 9.17) is 0 Å². The van der Waals surface area contributed by atoms with Crippen LogP contribution >= 0.6 is 0 Å². The first kappa shape index (κ1) is 14.9. The van der Waals surface area contributed by atoms with Crippen LogP contribution in [0.3, 0.4) is 0 Å². The summed E-state index contributed by atoms with van der Waals surface area (Å²) in [5.41, 5.74) is -0.883. The molecule has 2 aliphatic heterocycles. The van der Waals surface area contributed by atoms with Gasteiger partial charge >= 0.3 is 12.2 Å². The maximum atomic E-state index is 12.8. The summed E-state index contributed by atoms with van der Waals surface area (Å²) >= 11 is 0. The zero-order valence-electron chi connectivity index (χ0n) is 11.9. The molecule has 5 nitrogen and oxygen atoms in total. The number of halogens is 3. The number of carbonyl (C=O) groups excluding carboxylic acids is 1. The SMILES string of the molecule is O=C1NCCN1[C@H]1CCCN(c2cccc(C(F)(F)F)n2)C1. The van der Waals surface area contributed by atoms with Crippen LogP contribution in [0.15, 0.2) is 18.2 Å². The van der Waals surface area contributed by atoms with E-state index in [-0.39, 0.29) is 12.1 Å². The van der Waals surface area contributed by atoms with Crippen LogP contribution < -0.4 is 10.2 Å². The summed E-state index contributed by atoms with van der Waals surface area (Å²) in [7, 11) is 0. The predicted molar refractivity (Wildman–Crippen MR) is 74.6 cm³/mol. The minimum atomic E-state index is -4.44. The molecular formula is C14H17F3N4O. The first-order chi connectivity index (χ1) is 10.4. The van der Waals surface area contributed by atoms with E-state index in [0.717, 1.165) is 18.9 Å². The minimum Gasteiger partial charge on any atom is -0.355 e. The van der Waals surface area contributed by atoms with Crippen LogP contribution in [0.4, 0.5) is 23.8 Å².